The van der Waals surface area contributed by atoms with Crippen LogP contribution in [0.25, 0.3) is 33.4 Å². The summed E-state index contributed by atoms with van der Waals surface area (Å²) in [6.45, 7) is 41.0. The van der Waals surface area contributed by atoms with Crippen molar-refractivity contribution in [1.29, 1.82) is 0 Å². The molecule has 0 unspecified atom stereocenters. The molecule has 7 aromatic rings. The molecule has 0 fully saturated rings. The number of fused-ring (bicyclic) bond motifs is 10. The molecule has 2 heterocycles. The number of hydrogen-bond donors (Lipinski definition) is 0. The summed E-state index contributed by atoms with van der Waals surface area (Å²) in [4.78, 5) is 5.59. The number of rotatable bonds is 3. The maximum atomic E-state index is 2.80. The fourth-order valence-corrected chi connectivity index (χ4v) is 14.7. The van der Waals surface area contributed by atoms with Crippen molar-refractivity contribution in [2.75, 3.05) is 9.71 Å². The molecule has 5 aliphatic rings. The first-order valence-electron chi connectivity index (χ1n) is 27.3. The summed E-state index contributed by atoms with van der Waals surface area (Å²) >= 11 is 0. The minimum Gasteiger partial charge on any atom is -0.376 e. The van der Waals surface area contributed by atoms with Gasteiger partial charge in [0.2, 0.25) is 0 Å². The summed E-state index contributed by atoms with van der Waals surface area (Å²) < 4.78 is 0. The van der Waals surface area contributed by atoms with E-state index in [2.05, 4.69) is 237 Å². The topological polar surface area (TPSA) is 6.48 Å². The van der Waals surface area contributed by atoms with Gasteiger partial charge in [-0.05, 0) is 212 Å². The molecule has 72 heavy (non-hydrogen) atoms. The third kappa shape index (κ3) is 6.66. The second-order valence-electron chi connectivity index (χ2n) is 27.4. The summed E-state index contributed by atoms with van der Waals surface area (Å²) in [6.07, 6.45) is 4.69. The summed E-state index contributed by atoms with van der Waals surface area (Å²) in [5.41, 5.74) is 32.9. The van der Waals surface area contributed by atoms with Crippen LogP contribution in [-0.2, 0) is 32.5 Å². The second kappa shape index (κ2) is 15.1. The molecule has 0 bridgehead atoms. The van der Waals surface area contributed by atoms with Gasteiger partial charge in [-0.2, -0.15) is 0 Å². The highest BCUT2D eigenvalue weighted by Gasteiger charge is 2.51. The van der Waals surface area contributed by atoms with Gasteiger partial charge >= 0.3 is 6.85 Å². The third-order valence-corrected chi connectivity index (χ3v) is 19.1. The highest BCUT2D eigenvalue weighted by atomic mass is 15.2. The lowest BCUT2D eigenvalue weighted by Crippen LogP contribution is -2.62. The zero-order chi connectivity index (χ0) is 51.1. The van der Waals surface area contributed by atoms with Crippen LogP contribution in [0.1, 0.15) is 177 Å². The smallest absolute Gasteiger partial charge is 0.333 e. The van der Waals surface area contributed by atoms with Crippen molar-refractivity contribution in [3.8, 4) is 33.4 Å². The quantitative estimate of drug-likeness (QED) is 0.163. The normalized spacial score (nSPS) is 18.9. The largest absolute Gasteiger partial charge is 0.376 e. The Morgan fingerprint density at radius 1 is 0.458 bits per heavy atom. The number of nitrogens with zero attached hydrogens (tertiary/aromatic N) is 2. The molecule has 3 aliphatic carbocycles. The van der Waals surface area contributed by atoms with Gasteiger partial charge in [0.1, 0.15) is 0 Å². The van der Waals surface area contributed by atoms with Gasteiger partial charge in [0.25, 0.3) is 0 Å². The van der Waals surface area contributed by atoms with Crippen molar-refractivity contribution in [1.82, 2.24) is 0 Å². The predicted octanol–water partition coefficient (Wildman–Crippen LogP) is 17.6. The lowest BCUT2D eigenvalue weighted by molar-refractivity contribution is 0.332. The van der Waals surface area contributed by atoms with Gasteiger partial charge in [-0.15, -0.1) is 0 Å². The molecule has 0 N–H and O–H groups in total. The van der Waals surface area contributed by atoms with E-state index in [9.17, 15) is 0 Å². The summed E-state index contributed by atoms with van der Waals surface area (Å²) in [6, 6.07) is 44.7. The lowest BCUT2D eigenvalue weighted by atomic mass is 9.42. The van der Waals surface area contributed by atoms with Crippen LogP contribution in [0.5, 0.6) is 0 Å². The van der Waals surface area contributed by atoms with E-state index in [4.69, 9.17) is 0 Å². The van der Waals surface area contributed by atoms with Gasteiger partial charge in [-0.25, -0.2) is 0 Å². The number of hydrogen-bond acceptors (Lipinski definition) is 2. The average Bonchev–Trinajstić information content (AvgIpc) is 3.54. The van der Waals surface area contributed by atoms with Crippen LogP contribution in [0, 0.1) is 27.7 Å². The highest BCUT2D eigenvalue weighted by Crippen LogP contribution is 2.59. The van der Waals surface area contributed by atoms with Crippen LogP contribution in [-0.4, -0.2) is 6.85 Å². The fraction of sp³-hybridized carbons (Fsp3) is 0.391. The molecule has 0 spiro atoms. The van der Waals surface area contributed by atoms with E-state index in [0.29, 0.717) is 0 Å². The van der Waals surface area contributed by atoms with Crippen molar-refractivity contribution in [3.05, 3.63) is 170 Å². The zero-order valence-electron chi connectivity index (χ0n) is 46.7. The molecule has 2 aliphatic heterocycles. The Hall–Kier alpha value is -5.80. The molecule has 2 nitrogen and oxygen atoms in total. The van der Waals surface area contributed by atoms with Crippen LogP contribution in [0.15, 0.2) is 109 Å². The number of aryl methyl sites for hydroxylation is 4. The van der Waals surface area contributed by atoms with Crippen molar-refractivity contribution in [2.45, 2.75) is 176 Å². The van der Waals surface area contributed by atoms with E-state index in [1.807, 2.05) is 0 Å². The van der Waals surface area contributed by atoms with E-state index in [-0.39, 0.29) is 39.3 Å². The second-order valence-corrected chi connectivity index (χ2v) is 27.4. The van der Waals surface area contributed by atoms with E-state index < -0.39 is 0 Å². The first-order valence-corrected chi connectivity index (χ1v) is 27.3. The standard InChI is InChI=1S/C69H77BN2/c1-40-32-42(3)60(43(4)33-40)44-35-49-48-37-53-55(68(14,15)31-29-66(53,10)11)39-58(48)72(46-24-22-45(23-25-46)64(5,6)7)70-56-27-26-51-61(47-20-18-19-21-50(47)69(51,16)17)63(56)71(59(36-44)62(49)70)57-38-54-52(34-41(57)2)65(8,9)28-30-67(54,12)13/h18-27,32-39H,28-31H2,1-17H3. The molecule has 3 heteroatoms. The molecule has 7 aromatic carbocycles. The first kappa shape index (κ1) is 47.2. The molecule has 0 atom stereocenters. The summed E-state index contributed by atoms with van der Waals surface area (Å²) in [5.74, 6) is 0. The van der Waals surface area contributed by atoms with Crippen LogP contribution in [0.4, 0.5) is 28.4 Å². The van der Waals surface area contributed by atoms with Crippen molar-refractivity contribution in [2.24, 2.45) is 0 Å². The Bertz CT molecular complexity index is 3450. The number of anilines is 5. The minimum absolute atomic E-state index is 0.0324. The van der Waals surface area contributed by atoms with Crippen LogP contribution in [0.2, 0.25) is 0 Å². The van der Waals surface area contributed by atoms with E-state index >= 15 is 0 Å². The maximum Gasteiger partial charge on any atom is 0.333 e. The SMILES string of the molecule is Cc1cc(C)c(-c2cc3c4c(c2)N(c2cc5c(cc2C)C(C)(C)CCC5(C)C)c2c(ccc5c2-c2ccccc2C5(C)C)B4N(c2ccc(C(C)(C)C)cc2)c2cc4c(cc2-3)C(C)(C)CCC4(C)C)c(C)c1. The van der Waals surface area contributed by atoms with Gasteiger partial charge < -0.3 is 9.71 Å². The van der Waals surface area contributed by atoms with E-state index in [0.717, 1.165) is 0 Å². The van der Waals surface area contributed by atoms with Crippen LogP contribution >= 0.6 is 0 Å². The predicted molar refractivity (Wildman–Crippen MR) is 311 cm³/mol. The molecule has 366 valence electrons. The molecular weight excluding hydrogens is 868 g/mol. The van der Waals surface area contributed by atoms with Crippen LogP contribution in [0.3, 0.4) is 0 Å². The van der Waals surface area contributed by atoms with Gasteiger partial charge in [0.15, 0.2) is 0 Å². The lowest BCUT2D eigenvalue weighted by Gasteiger charge is -2.49. The van der Waals surface area contributed by atoms with Crippen molar-refractivity contribution >= 4 is 46.2 Å². The fourth-order valence-electron chi connectivity index (χ4n) is 14.7. The van der Waals surface area contributed by atoms with Gasteiger partial charge in [0, 0.05) is 39.3 Å². The Kier molecular flexibility index (Phi) is 9.94. The average molecular weight is 945 g/mol. The molecular formula is C69H77BN2. The Balaban J connectivity index is 1.29. The first-order chi connectivity index (χ1) is 33.7. The molecule has 12 rings (SSSR count). The third-order valence-electron chi connectivity index (χ3n) is 19.1. The summed E-state index contributed by atoms with van der Waals surface area (Å²) in [7, 11) is 0. The zero-order valence-corrected chi connectivity index (χ0v) is 46.7. The van der Waals surface area contributed by atoms with Gasteiger partial charge in [-0.1, -0.05) is 162 Å². The van der Waals surface area contributed by atoms with E-state index in [1.165, 1.54) is 160 Å². The van der Waals surface area contributed by atoms with Gasteiger partial charge in [0.05, 0.1) is 5.69 Å². The molecule has 0 saturated heterocycles. The Morgan fingerprint density at radius 3 is 1.61 bits per heavy atom. The van der Waals surface area contributed by atoms with Crippen LogP contribution < -0.4 is 20.6 Å². The molecule has 0 amide bonds. The van der Waals surface area contributed by atoms with Crippen molar-refractivity contribution < 1.29 is 0 Å². The van der Waals surface area contributed by atoms with Crippen molar-refractivity contribution in [3.63, 3.8) is 0 Å². The number of benzene rings is 7. The highest BCUT2D eigenvalue weighted by molar-refractivity contribution is 6.93. The molecule has 0 saturated carbocycles. The molecule has 0 radical (unpaired) electrons. The Labute approximate surface area is 433 Å². The van der Waals surface area contributed by atoms with Gasteiger partial charge in [-0.3, -0.25) is 0 Å². The summed E-state index contributed by atoms with van der Waals surface area (Å²) in [5, 5.41) is 0. The minimum atomic E-state index is -0.175. The molecule has 0 aromatic heterocycles. The monoisotopic (exact) mass is 945 g/mol. The maximum absolute atomic E-state index is 2.80. The van der Waals surface area contributed by atoms with E-state index in [1.54, 1.807) is 0 Å². The Morgan fingerprint density at radius 2 is 1.01 bits per heavy atom.